The number of rotatable bonds is 1. The Balaban J connectivity index is 2.27. The van der Waals surface area contributed by atoms with Gasteiger partial charge in [0.1, 0.15) is 5.67 Å². The van der Waals surface area contributed by atoms with Gasteiger partial charge in [0, 0.05) is 0 Å². The Kier molecular flexibility index (Phi) is 1.95. The Morgan fingerprint density at radius 1 is 1.07 bits per heavy atom. The van der Waals surface area contributed by atoms with Crippen molar-refractivity contribution in [2.24, 2.45) is 0 Å². The minimum absolute atomic E-state index is 0.158. The highest BCUT2D eigenvalue weighted by atomic mass is 19.1. The molecule has 76 valence electrons. The first-order valence-electron chi connectivity index (χ1n) is 5.22. The van der Waals surface area contributed by atoms with Crippen LogP contribution in [0.25, 0.3) is 0 Å². The van der Waals surface area contributed by atoms with Gasteiger partial charge in [-0.3, -0.25) is 0 Å². The summed E-state index contributed by atoms with van der Waals surface area (Å²) < 4.78 is 13.7. The molecular formula is C13H17F. The van der Waals surface area contributed by atoms with Crippen LogP contribution in [0.15, 0.2) is 24.3 Å². The Labute approximate surface area is 85.1 Å². The van der Waals surface area contributed by atoms with Gasteiger partial charge in [0.15, 0.2) is 0 Å². The van der Waals surface area contributed by atoms with Crippen molar-refractivity contribution >= 4 is 0 Å². The van der Waals surface area contributed by atoms with Crippen LogP contribution in [-0.2, 0) is 11.1 Å². The molecule has 0 heterocycles. The fourth-order valence-electron chi connectivity index (χ4n) is 1.67. The Hall–Kier alpha value is -0.850. The van der Waals surface area contributed by atoms with Crippen LogP contribution in [0.4, 0.5) is 4.39 Å². The molecule has 0 bridgehead atoms. The van der Waals surface area contributed by atoms with E-state index in [0.717, 1.165) is 5.56 Å². The van der Waals surface area contributed by atoms with Crippen LogP contribution in [0.1, 0.15) is 44.7 Å². The number of halogens is 1. The van der Waals surface area contributed by atoms with E-state index in [1.165, 1.54) is 5.56 Å². The molecule has 0 unspecified atom stereocenters. The molecule has 0 N–H and O–H groups in total. The summed E-state index contributed by atoms with van der Waals surface area (Å²) in [4.78, 5) is 0. The summed E-state index contributed by atoms with van der Waals surface area (Å²) in [6.45, 7) is 6.51. The van der Waals surface area contributed by atoms with Crippen molar-refractivity contribution in [1.29, 1.82) is 0 Å². The van der Waals surface area contributed by atoms with E-state index < -0.39 is 5.67 Å². The zero-order valence-electron chi connectivity index (χ0n) is 9.10. The number of hydrogen-bond acceptors (Lipinski definition) is 0. The van der Waals surface area contributed by atoms with Crippen molar-refractivity contribution in [3.8, 4) is 0 Å². The Morgan fingerprint density at radius 3 is 1.93 bits per heavy atom. The van der Waals surface area contributed by atoms with E-state index in [2.05, 4.69) is 32.9 Å². The van der Waals surface area contributed by atoms with Crippen molar-refractivity contribution < 1.29 is 4.39 Å². The zero-order valence-corrected chi connectivity index (χ0v) is 9.10. The fraction of sp³-hybridized carbons (Fsp3) is 0.538. The first-order chi connectivity index (χ1) is 6.42. The van der Waals surface area contributed by atoms with Gasteiger partial charge in [-0.15, -0.1) is 0 Å². The molecule has 1 aromatic rings. The van der Waals surface area contributed by atoms with Crippen molar-refractivity contribution in [3.63, 3.8) is 0 Å². The van der Waals surface area contributed by atoms with Gasteiger partial charge in [-0.2, -0.15) is 0 Å². The maximum atomic E-state index is 13.7. The van der Waals surface area contributed by atoms with Crippen molar-refractivity contribution in [2.45, 2.75) is 44.7 Å². The normalized spacial score (nSPS) is 19.4. The van der Waals surface area contributed by atoms with Crippen molar-refractivity contribution in [3.05, 3.63) is 35.4 Å². The third-order valence-corrected chi connectivity index (χ3v) is 2.96. The molecule has 1 fully saturated rings. The van der Waals surface area contributed by atoms with E-state index in [9.17, 15) is 4.39 Å². The average Bonchev–Trinajstić information content (AvgIpc) is 2.84. The van der Waals surface area contributed by atoms with Gasteiger partial charge in [0.25, 0.3) is 0 Å². The molecule has 1 aliphatic carbocycles. The molecule has 0 nitrogen and oxygen atoms in total. The number of hydrogen-bond donors (Lipinski definition) is 0. The highest BCUT2D eigenvalue weighted by Gasteiger charge is 2.44. The molecule has 1 heteroatoms. The van der Waals surface area contributed by atoms with Crippen LogP contribution in [-0.4, -0.2) is 0 Å². The van der Waals surface area contributed by atoms with Gasteiger partial charge in [0.05, 0.1) is 0 Å². The second-order valence-electron chi connectivity index (χ2n) is 5.29. The van der Waals surface area contributed by atoms with Crippen LogP contribution in [0.5, 0.6) is 0 Å². The molecule has 14 heavy (non-hydrogen) atoms. The molecule has 0 aliphatic heterocycles. The maximum Gasteiger partial charge on any atom is 0.136 e. The molecule has 0 saturated heterocycles. The van der Waals surface area contributed by atoms with Gasteiger partial charge in [-0.25, -0.2) is 4.39 Å². The third-order valence-electron chi connectivity index (χ3n) is 2.96. The highest BCUT2D eigenvalue weighted by Crippen LogP contribution is 2.49. The van der Waals surface area contributed by atoms with Crippen LogP contribution in [0, 0.1) is 0 Å². The second kappa shape index (κ2) is 2.82. The zero-order chi connectivity index (χ0) is 10.4. The summed E-state index contributed by atoms with van der Waals surface area (Å²) in [5.41, 5.74) is 1.29. The number of benzene rings is 1. The lowest BCUT2D eigenvalue weighted by atomic mass is 9.86. The Bertz CT molecular complexity index is 301. The van der Waals surface area contributed by atoms with E-state index >= 15 is 0 Å². The topological polar surface area (TPSA) is 0 Å². The lowest BCUT2D eigenvalue weighted by Gasteiger charge is -2.19. The minimum Gasteiger partial charge on any atom is -0.239 e. The van der Waals surface area contributed by atoms with Crippen LogP contribution < -0.4 is 0 Å². The SMILES string of the molecule is CC(C)(C)c1ccc(C2(F)CC2)cc1. The van der Waals surface area contributed by atoms with E-state index in [4.69, 9.17) is 0 Å². The number of alkyl halides is 1. The lowest BCUT2D eigenvalue weighted by molar-refractivity contribution is 0.317. The quantitative estimate of drug-likeness (QED) is 0.632. The molecule has 0 spiro atoms. The average molecular weight is 192 g/mol. The second-order valence-corrected chi connectivity index (χ2v) is 5.29. The summed E-state index contributed by atoms with van der Waals surface area (Å²) >= 11 is 0. The summed E-state index contributed by atoms with van der Waals surface area (Å²) in [5, 5.41) is 0. The maximum absolute atomic E-state index is 13.7. The first kappa shape index (κ1) is 9.70. The molecule has 0 radical (unpaired) electrons. The fourth-order valence-corrected chi connectivity index (χ4v) is 1.67. The third kappa shape index (κ3) is 1.68. The molecule has 2 rings (SSSR count). The monoisotopic (exact) mass is 192 g/mol. The molecule has 1 aromatic carbocycles. The highest BCUT2D eigenvalue weighted by molar-refractivity contribution is 5.33. The summed E-state index contributed by atoms with van der Waals surface area (Å²) in [7, 11) is 0. The smallest absolute Gasteiger partial charge is 0.136 e. The lowest BCUT2D eigenvalue weighted by Crippen LogP contribution is -2.11. The predicted molar refractivity (Wildman–Crippen MR) is 57.2 cm³/mol. The van der Waals surface area contributed by atoms with Crippen molar-refractivity contribution in [1.82, 2.24) is 0 Å². The molecule has 1 aliphatic rings. The van der Waals surface area contributed by atoms with Gasteiger partial charge >= 0.3 is 0 Å². The molecule has 0 atom stereocenters. The summed E-state index contributed by atoms with van der Waals surface area (Å²) in [6, 6.07) is 7.98. The van der Waals surface area contributed by atoms with Gasteiger partial charge in [-0.05, 0) is 29.4 Å². The molecule has 0 amide bonds. The van der Waals surface area contributed by atoms with Crippen molar-refractivity contribution in [2.75, 3.05) is 0 Å². The molecular weight excluding hydrogens is 175 g/mol. The van der Waals surface area contributed by atoms with Gasteiger partial charge in [-0.1, -0.05) is 45.0 Å². The molecule has 0 aromatic heterocycles. The largest absolute Gasteiger partial charge is 0.239 e. The van der Waals surface area contributed by atoms with E-state index in [1.54, 1.807) is 0 Å². The van der Waals surface area contributed by atoms with E-state index in [1.807, 2.05) is 12.1 Å². The summed E-state index contributed by atoms with van der Waals surface area (Å²) in [6.07, 6.45) is 1.39. The van der Waals surface area contributed by atoms with Crippen LogP contribution in [0.3, 0.4) is 0 Å². The predicted octanol–water partition coefficient (Wildman–Crippen LogP) is 3.94. The van der Waals surface area contributed by atoms with E-state index in [-0.39, 0.29) is 5.41 Å². The first-order valence-corrected chi connectivity index (χ1v) is 5.22. The standard InChI is InChI=1S/C13H17F/c1-12(2,3)10-4-6-11(7-5-10)13(14)8-9-13/h4-7H,8-9H2,1-3H3. The van der Waals surface area contributed by atoms with Crippen LogP contribution in [0.2, 0.25) is 0 Å². The van der Waals surface area contributed by atoms with Gasteiger partial charge in [0.2, 0.25) is 0 Å². The molecule has 1 saturated carbocycles. The van der Waals surface area contributed by atoms with Gasteiger partial charge < -0.3 is 0 Å². The van der Waals surface area contributed by atoms with E-state index in [0.29, 0.717) is 12.8 Å². The minimum atomic E-state index is -0.990. The Morgan fingerprint density at radius 2 is 1.57 bits per heavy atom. The summed E-state index contributed by atoms with van der Waals surface area (Å²) in [5.74, 6) is 0. The van der Waals surface area contributed by atoms with Crippen LogP contribution >= 0.6 is 0 Å².